The summed E-state index contributed by atoms with van der Waals surface area (Å²) in [4.78, 5) is 12.2. The van der Waals surface area contributed by atoms with E-state index in [0.717, 1.165) is 0 Å². The molecular formula is C16H14FN3O3. The summed E-state index contributed by atoms with van der Waals surface area (Å²) in [6.07, 6.45) is 1.79. The molecule has 6 nitrogen and oxygen atoms in total. The van der Waals surface area contributed by atoms with Gasteiger partial charge in [-0.3, -0.25) is 9.89 Å². The van der Waals surface area contributed by atoms with Crippen molar-refractivity contribution in [3.63, 3.8) is 0 Å². The first kappa shape index (κ1) is 15.0. The summed E-state index contributed by atoms with van der Waals surface area (Å²) in [5.74, 6) is -0.573. The van der Waals surface area contributed by atoms with Crippen LogP contribution in [0.5, 0.6) is 0 Å². The number of carbonyl (C=O) groups is 1. The summed E-state index contributed by atoms with van der Waals surface area (Å²) in [7, 11) is 0. The number of aliphatic hydroxyl groups excluding tert-OH is 1. The number of carbonyl (C=O) groups excluding carboxylic acids is 1. The minimum absolute atomic E-state index is 0.0335. The molecule has 2 aromatic heterocycles. The Balaban J connectivity index is 1.74. The zero-order valence-electron chi connectivity index (χ0n) is 12.0. The van der Waals surface area contributed by atoms with Crippen LogP contribution in [-0.4, -0.2) is 27.8 Å². The van der Waals surface area contributed by atoms with Crippen molar-refractivity contribution >= 4 is 5.91 Å². The number of halogens is 1. The number of aliphatic hydroxyl groups is 1. The van der Waals surface area contributed by atoms with Gasteiger partial charge in [0.05, 0.1) is 30.3 Å². The number of nitrogens with zero attached hydrogens (tertiary/aromatic N) is 1. The molecule has 7 heteroatoms. The zero-order valence-corrected chi connectivity index (χ0v) is 12.0. The first-order chi connectivity index (χ1) is 11.2. The number of aromatic amines is 1. The van der Waals surface area contributed by atoms with Gasteiger partial charge in [-0.2, -0.15) is 5.10 Å². The SMILES string of the molecule is O=C(NCC(O)c1ccco1)c1cn[nH]c1-c1ccccc1F. The van der Waals surface area contributed by atoms with Gasteiger partial charge in [0.1, 0.15) is 17.7 Å². The largest absolute Gasteiger partial charge is 0.467 e. The number of hydrogen-bond donors (Lipinski definition) is 3. The lowest BCUT2D eigenvalue weighted by Crippen LogP contribution is -2.28. The molecule has 0 saturated heterocycles. The summed E-state index contributed by atoms with van der Waals surface area (Å²) in [6, 6.07) is 9.35. The monoisotopic (exact) mass is 315 g/mol. The van der Waals surface area contributed by atoms with Gasteiger partial charge < -0.3 is 14.8 Å². The van der Waals surface area contributed by atoms with E-state index in [-0.39, 0.29) is 23.4 Å². The van der Waals surface area contributed by atoms with Crippen molar-refractivity contribution in [2.45, 2.75) is 6.10 Å². The van der Waals surface area contributed by atoms with Crippen molar-refractivity contribution in [2.75, 3.05) is 6.54 Å². The minimum Gasteiger partial charge on any atom is -0.467 e. The van der Waals surface area contributed by atoms with Crippen LogP contribution in [0.15, 0.2) is 53.3 Å². The van der Waals surface area contributed by atoms with E-state index in [1.54, 1.807) is 30.3 Å². The lowest BCUT2D eigenvalue weighted by atomic mass is 10.1. The third-order valence-electron chi connectivity index (χ3n) is 3.35. The highest BCUT2D eigenvalue weighted by atomic mass is 19.1. The standard InChI is InChI=1S/C16H14FN3O3/c17-12-5-2-1-4-10(12)15-11(8-19-20-15)16(22)18-9-13(21)14-6-3-7-23-14/h1-8,13,21H,9H2,(H,18,22)(H,19,20). The van der Waals surface area contributed by atoms with Crippen LogP contribution in [0.25, 0.3) is 11.3 Å². The molecule has 0 fully saturated rings. The Hall–Kier alpha value is -2.93. The fourth-order valence-electron chi connectivity index (χ4n) is 2.19. The third kappa shape index (κ3) is 3.14. The van der Waals surface area contributed by atoms with E-state index in [0.29, 0.717) is 5.76 Å². The summed E-state index contributed by atoms with van der Waals surface area (Å²) in [5, 5.41) is 18.9. The van der Waals surface area contributed by atoms with Crippen molar-refractivity contribution in [2.24, 2.45) is 0 Å². The molecule has 0 aliphatic carbocycles. The summed E-state index contributed by atoms with van der Waals surface area (Å²) < 4.78 is 18.9. The van der Waals surface area contributed by atoms with Crippen LogP contribution in [0.2, 0.25) is 0 Å². The first-order valence-electron chi connectivity index (χ1n) is 6.94. The Bertz CT molecular complexity index is 799. The third-order valence-corrected chi connectivity index (χ3v) is 3.35. The van der Waals surface area contributed by atoms with E-state index in [2.05, 4.69) is 15.5 Å². The average Bonchev–Trinajstić information content (AvgIpc) is 3.24. The maximum atomic E-state index is 13.9. The van der Waals surface area contributed by atoms with Crippen molar-refractivity contribution in [1.29, 1.82) is 0 Å². The molecule has 23 heavy (non-hydrogen) atoms. The summed E-state index contributed by atoms with van der Waals surface area (Å²) in [6.45, 7) is -0.0335. The first-order valence-corrected chi connectivity index (χ1v) is 6.94. The Morgan fingerprint density at radius 1 is 1.35 bits per heavy atom. The number of rotatable bonds is 5. The molecule has 1 unspecified atom stereocenters. The minimum atomic E-state index is -0.960. The van der Waals surface area contributed by atoms with Gasteiger partial charge in [0.15, 0.2) is 0 Å². The Morgan fingerprint density at radius 2 is 2.17 bits per heavy atom. The van der Waals surface area contributed by atoms with Gasteiger partial charge in [0.25, 0.3) is 5.91 Å². The highest BCUT2D eigenvalue weighted by molar-refractivity contribution is 5.99. The smallest absolute Gasteiger partial charge is 0.255 e. The van der Waals surface area contributed by atoms with Crippen molar-refractivity contribution in [3.8, 4) is 11.3 Å². The van der Waals surface area contributed by atoms with Gasteiger partial charge in [-0.05, 0) is 24.3 Å². The highest BCUT2D eigenvalue weighted by Gasteiger charge is 2.19. The van der Waals surface area contributed by atoms with Gasteiger partial charge in [-0.25, -0.2) is 4.39 Å². The number of benzene rings is 1. The predicted molar refractivity (Wildman–Crippen MR) is 80.0 cm³/mol. The number of furan rings is 1. The maximum Gasteiger partial charge on any atom is 0.255 e. The van der Waals surface area contributed by atoms with Crippen LogP contribution >= 0.6 is 0 Å². The van der Waals surface area contributed by atoms with E-state index in [1.165, 1.54) is 18.5 Å². The fraction of sp³-hybridized carbons (Fsp3) is 0.125. The second-order valence-corrected chi connectivity index (χ2v) is 4.88. The normalized spacial score (nSPS) is 12.1. The van der Waals surface area contributed by atoms with Gasteiger partial charge in [0, 0.05) is 5.56 Å². The van der Waals surface area contributed by atoms with E-state index < -0.39 is 17.8 Å². The van der Waals surface area contributed by atoms with Gasteiger partial charge in [-0.1, -0.05) is 12.1 Å². The molecular weight excluding hydrogens is 301 g/mol. The average molecular weight is 315 g/mol. The second-order valence-electron chi connectivity index (χ2n) is 4.88. The number of hydrogen-bond acceptors (Lipinski definition) is 4. The molecule has 1 aromatic carbocycles. The lowest BCUT2D eigenvalue weighted by molar-refractivity contribution is 0.0902. The molecule has 1 amide bonds. The van der Waals surface area contributed by atoms with E-state index in [4.69, 9.17) is 4.42 Å². The molecule has 0 radical (unpaired) electrons. The van der Waals surface area contributed by atoms with Crippen molar-refractivity contribution in [1.82, 2.24) is 15.5 Å². The van der Waals surface area contributed by atoms with Crippen LogP contribution < -0.4 is 5.32 Å². The Kier molecular flexibility index (Phi) is 4.20. The van der Waals surface area contributed by atoms with Crippen LogP contribution in [0.3, 0.4) is 0 Å². The number of amides is 1. The summed E-state index contributed by atoms with van der Waals surface area (Å²) >= 11 is 0. The van der Waals surface area contributed by atoms with Gasteiger partial charge in [-0.15, -0.1) is 0 Å². The Morgan fingerprint density at radius 3 is 2.91 bits per heavy atom. The molecule has 1 atom stereocenters. The molecule has 0 aliphatic heterocycles. The lowest BCUT2D eigenvalue weighted by Gasteiger charge is -2.10. The van der Waals surface area contributed by atoms with Gasteiger partial charge >= 0.3 is 0 Å². The van der Waals surface area contributed by atoms with Gasteiger partial charge in [0.2, 0.25) is 0 Å². The van der Waals surface area contributed by atoms with Crippen LogP contribution in [0.1, 0.15) is 22.2 Å². The van der Waals surface area contributed by atoms with Crippen molar-refractivity contribution in [3.05, 3.63) is 66.0 Å². The predicted octanol–water partition coefficient (Wildman–Crippen LogP) is 2.27. The highest BCUT2D eigenvalue weighted by Crippen LogP contribution is 2.24. The number of nitrogens with one attached hydrogen (secondary N) is 2. The fourth-order valence-corrected chi connectivity index (χ4v) is 2.19. The molecule has 3 N–H and O–H groups in total. The molecule has 3 aromatic rings. The number of aromatic nitrogens is 2. The van der Waals surface area contributed by atoms with E-state index in [9.17, 15) is 14.3 Å². The maximum absolute atomic E-state index is 13.9. The quantitative estimate of drug-likeness (QED) is 0.673. The van der Waals surface area contributed by atoms with Crippen LogP contribution in [-0.2, 0) is 0 Å². The van der Waals surface area contributed by atoms with E-state index >= 15 is 0 Å². The molecule has 0 aliphatic rings. The molecule has 0 saturated carbocycles. The Labute approximate surface area is 131 Å². The molecule has 0 bridgehead atoms. The van der Waals surface area contributed by atoms with Crippen molar-refractivity contribution < 1.29 is 18.7 Å². The molecule has 118 valence electrons. The topological polar surface area (TPSA) is 91.2 Å². The summed E-state index contributed by atoms with van der Waals surface area (Å²) in [5.41, 5.74) is 0.733. The van der Waals surface area contributed by atoms with Crippen LogP contribution in [0.4, 0.5) is 4.39 Å². The van der Waals surface area contributed by atoms with Crippen LogP contribution in [0, 0.1) is 5.82 Å². The van der Waals surface area contributed by atoms with E-state index in [1.807, 2.05) is 0 Å². The second kappa shape index (κ2) is 6.45. The molecule has 2 heterocycles. The zero-order chi connectivity index (χ0) is 16.2. The molecule has 0 spiro atoms. The molecule has 3 rings (SSSR count). The number of H-pyrrole nitrogens is 1.